The molecule has 0 heterocycles. The average molecular weight is 477 g/mol. The van der Waals surface area contributed by atoms with Gasteiger partial charge in [0.1, 0.15) is 6.61 Å². The minimum atomic E-state index is -0.886. The molecule has 2 amide bonds. The van der Waals surface area contributed by atoms with Crippen LogP contribution in [0.25, 0.3) is 11.1 Å². The summed E-state index contributed by atoms with van der Waals surface area (Å²) in [6, 6.07) is 22.8. The highest BCUT2D eigenvalue weighted by Crippen LogP contribution is 2.44. The molecule has 0 aromatic heterocycles. The van der Waals surface area contributed by atoms with Gasteiger partial charge in [0, 0.05) is 29.5 Å². The molecule has 3 N–H and O–H groups in total. The number of hydrogen-bond donors (Lipinski definition) is 3. The first-order chi connectivity index (χ1) is 16.5. The van der Waals surface area contributed by atoms with Gasteiger partial charge >= 0.3 is 12.1 Å². The van der Waals surface area contributed by atoms with Gasteiger partial charge in [-0.3, -0.25) is 14.9 Å². The lowest BCUT2D eigenvalue weighted by molar-refractivity contribution is -0.133. The molecule has 7 nitrogen and oxygen atoms in total. The lowest BCUT2D eigenvalue weighted by Crippen LogP contribution is -2.26. The molecule has 0 aliphatic heterocycles. The van der Waals surface area contributed by atoms with Crippen LogP contribution in [0.1, 0.15) is 27.4 Å². The largest absolute Gasteiger partial charge is 0.481 e. The fraction of sp³-hybridized carbons (Fsp3) is 0.192. The second kappa shape index (κ2) is 10.9. The van der Waals surface area contributed by atoms with Crippen LogP contribution in [-0.4, -0.2) is 47.7 Å². The van der Waals surface area contributed by atoms with Gasteiger partial charge < -0.3 is 15.2 Å². The third-order valence-electron chi connectivity index (χ3n) is 5.47. The first-order valence-corrected chi connectivity index (χ1v) is 12.0. The van der Waals surface area contributed by atoms with Crippen molar-refractivity contribution in [2.45, 2.75) is 5.92 Å². The van der Waals surface area contributed by atoms with E-state index in [9.17, 15) is 14.4 Å². The molecule has 3 aromatic carbocycles. The van der Waals surface area contributed by atoms with Gasteiger partial charge in [-0.1, -0.05) is 54.6 Å². The third-order valence-corrected chi connectivity index (χ3v) is 6.42. The first kappa shape index (κ1) is 23.4. The maximum absolute atomic E-state index is 12.5. The number of rotatable bonds is 9. The molecule has 0 fully saturated rings. The van der Waals surface area contributed by atoms with Crippen molar-refractivity contribution < 1.29 is 24.2 Å². The smallest absolute Gasteiger partial charge is 0.411 e. The molecule has 1 aliphatic carbocycles. The Balaban J connectivity index is 1.32. The number of nitrogens with one attached hydrogen (secondary N) is 2. The number of anilines is 1. The van der Waals surface area contributed by atoms with Crippen LogP contribution in [0.15, 0.2) is 72.8 Å². The third kappa shape index (κ3) is 5.58. The van der Waals surface area contributed by atoms with Gasteiger partial charge in [0.15, 0.2) is 0 Å². The lowest BCUT2D eigenvalue weighted by Gasteiger charge is -2.15. The van der Waals surface area contributed by atoms with Crippen LogP contribution >= 0.6 is 11.8 Å². The number of hydrogen-bond acceptors (Lipinski definition) is 5. The Morgan fingerprint density at radius 2 is 1.59 bits per heavy atom. The summed E-state index contributed by atoms with van der Waals surface area (Å²) in [5, 5.41) is 14.1. The quantitative estimate of drug-likeness (QED) is 0.390. The molecule has 0 unspecified atom stereocenters. The monoisotopic (exact) mass is 476 g/mol. The van der Waals surface area contributed by atoms with Crippen LogP contribution in [0.3, 0.4) is 0 Å². The van der Waals surface area contributed by atoms with E-state index in [1.165, 1.54) is 11.8 Å². The van der Waals surface area contributed by atoms with Crippen LogP contribution in [0, 0.1) is 0 Å². The molecule has 0 radical (unpaired) electrons. The summed E-state index contributed by atoms with van der Waals surface area (Å²) in [6.07, 6.45) is -0.593. The minimum absolute atomic E-state index is 0.00455. The number of carbonyl (C=O) groups is 3. The van der Waals surface area contributed by atoms with Gasteiger partial charge in [-0.25, -0.2) is 4.79 Å². The van der Waals surface area contributed by atoms with Crippen molar-refractivity contribution in [2.75, 3.05) is 30.0 Å². The molecule has 174 valence electrons. The Morgan fingerprint density at radius 1 is 0.912 bits per heavy atom. The van der Waals surface area contributed by atoms with Gasteiger partial charge in [-0.15, -0.1) is 11.8 Å². The summed E-state index contributed by atoms with van der Waals surface area (Å²) >= 11 is 1.23. The second-order valence-corrected chi connectivity index (χ2v) is 8.84. The normalized spacial score (nSPS) is 11.9. The summed E-state index contributed by atoms with van der Waals surface area (Å²) in [5.41, 5.74) is 5.43. The topological polar surface area (TPSA) is 105 Å². The maximum Gasteiger partial charge on any atom is 0.411 e. The fourth-order valence-corrected chi connectivity index (χ4v) is 4.55. The molecule has 0 bridgehead atoms. The van der Waals surface area contributed by atoms with E-state index in [0.717, 1.165) is 22.3 Å². The molecule has 0 atom stereocenters. The highest BCUT2D eigenvalue weighted by atomic mass is 32.2. The number of thioether (sulfide) groups is 1. The van der Waals surface area contributed by atoms with Gasteiger partial charge in [-0.2, -0.15) is 0 Å². The molecule has 4 rings (SSSR count). The molecular weight excluding hydrogens is 452 g/mol. The Kier molecular flexibility index (Phi) is 7.49. The molecular formula is C26H24N2O5S. The molecule has 8 heteroatoms. The Bertz CT molecular complexity index is 1170. The van der Waals surface area contributed by atoms with E-state index in [1.54, 1.807) is 24.3 Å². The second-order valence-electron chi connectivity index (χ2n) is 7.73. The Hall–Kier alpha value is -3.78. The van der Waals surface area contributed by atoms with Crippen LogP contribution in [0.5, 0.6) is 0 Å². The number of carboxylic acid groups (broad SMARTS) is 1. The number of carbonyl (C=O) groups excluding carboxylic acids is 2. The van der Waals surface area contributed by atoms with Crippen molar-refractivity contribution in [2.24, 2.45) is 0 Å². The van der Waals surface area contributed by atoms with Crippen molar-refractivity contribution in [3.05, 3.63) is 89.5 Å². The zero-order valence-electron chi connectivity index (χ0n) is 18.3. The number of aliphatic carboxylic acids is 1. The summed E-state index contributed by atoms with van der Waals surface area (Å²) in [5.74, 6) is -0.727. The van der Waals surface area contributed by atoms with Gasteiger partial charge in [0.05, 0.1) is 5.75 Å². The van der Waals surface area contributed by atoms with Crippen molar-refractivity contribution in [3.8, 4) is 11.1 Å². The molecule has 0 spiro atoms. The SMILES string of the molecule is O=C(O)CSCCNC(=O)c1cccc(NC(=O)OCC2c3ccccc3-c3ccccc32)c1. The molecule has 0 saturated carbocycles. The van der Waals surface area contributed by atoms with Gasteiger partial charge in [0.2, 0.25) is 0 Å². The average Bonchev–Trinajstić information content (AvgIpc) is 3.16. The Labute approximate surface area is 201 Å². The van der Waals surface area contributed by atoms with Crippen molar-refractivity contribution in [3.63, 3.8) is 0 Å². The van der Waals surface area contributed by atoms with E-state index in [0.29, 0.717) is 23.5 Å². The summed E-state index contributed by atoms with van der Waals surface area (Å²) in [6.45, 7) is 0.550. The van der Waals surface area contributed by atoms with E-state index >= 15 is 0 Å². The zero-order chi connectivity index (χ0) is 23.9. The number of benzene rings is 3. The maximum atomic E-state index is 12.5. The van der Waals surface area contributed by atoms with Crippen molar-refractivity contribution in [1.29, 1.82) is 0 Å². The number of ether oxygens (including phenoxy) is 1. The van der Waals surface area contributed by atoms with E-state index in [-0.39, 0.29) is 24.2 Å². The van der Waals surface area contributed by atoms with Crippen LogP contribution in [-0.2, 0) is 9.53 Å². The highest BCUT2D eigenvalue weighted by Gasteiger charge is 2.29. The highest BCUT2D eigenvalue weighted by molar-refractivity contribution is 7.99. The minimum Gasteiger partial charge on any atom is -0.481 e. The Morgan fingerprint density at radius 3 is 2.26 bits per heavy atom. The van der Waals surface area contributed by atoms with Crippen LogP contribution in [0.2, 0.25) is 0 Å². The van der Waals surface area contributed by atoms with E-state index in [4.69, 9.17) is 9.84 Å². The predicted molar refractivity (Wildman–Crippen MR) is 132 cm³/mol. The van der Waals surface area contributed by atoms with Crippen LogP contribution < -0.4 is 10.6 Å². The number of fused-ring (bicyclic) bond motifs is 3. The number of amides is 2. The van der Waals surface area contributed by atoms with Gasteiger partial charge in [-0.05, 0) is 40.5 Å². The number of carboxylic acids is 1. The fourth-order valence-electron chi connectivity index (χ4n) is 3.99. The van der Waals surface area contributed by atoms with Crippen molar-refractivity contribution in [1.82, 2.24) is 5.32 Å². The predicted octanol–water partition coefficient (Wildman–Crippen LogP) is 4.60. The molecule has 3 aromatic rings. The van der Waals surface area contributed by atoms with Crippen LogP contribution in [0.4, 0.5) is 10.5 Å². The standard InChI is InChI=1S/C26H24N2O5S/c29-24(30)16-34-13-12-27-25(31)17-6-5-7-18(14-17)28-26(32)33-15-23-21-10-3-1-8-19(21)20-9-2-4-11-22(20)23/h1-11,14,23H,12-13,15-16H2,(H,27,31)(H,28,32)(H,29,30). The van der Waals surface area contributed by atoms with Crippen molar-refractivity contribution >= 4 is 35.4 Å². The van der Waals surface area contributed by atoms with E-state index < -0.39 is 12.1 Å². The lowest BCUT2D eigenvalue weighted by atomic mass is 9.98. The molecule has 34 heavy (non-hydrogen) atoms. The van der Waals surface area contributed by atoms with E-state index in [2.05, 4.69) is 34.9 Å². The zero-order valence-corrected chi connectivity index (χ0v) is 19.1. The summed E-state index contributed by atoms with van der Waals surface area (Å²) < 4.78 is 5.55. The van der Waals surface area contributed by atoms with Gasteiger partial charge in [0.25, 0.3) is 5.91 Å². The first-order valence-electron chi connectivity index (χ1n) is 10.8. The summed E-state index contributed by atoms with van der Waals surface area (Å²) in [7, 11) is 0. The molecule has 1 aliphatic rings. The van der Waals surface area contributed by atoms with E-state index in [1.807, 2.05) is 24.3 Å². The summed E-state index contributed by atoms with van der Waals surface area (Å²) in [4.78, 5) is 35.3. The molecule has 0 saturated heterocycles.